The van der Waals surface area contributed by atoms with Crippen molar-refractivity contribution in [3.05, 3.63) is 38.9 Å². The lowest BCUT2D eigenvalue weighted by Gasteiger charge is -2.15. The van der Waals surface area contributed by atoms with Crippen LogP contribution in [0.3, 0.4) is 0 Å². The van der Waals surface area contributed by atoms with Gasteiger partial charge in [-0.15, -0.1) is 0 Å². The first-order valence-electron chi connectivity index (χ1n) is 5.75. The Balaban J connectivity index is 2.30. The second-order valence-corrected chi connectivity index (χ2v) is 5.08. The predicted molar refractivity (Wildman–Crippen MR) is 72.5 cm³/mol. The Bertz CT molecular complexity index is 662. The van der Waals surface area contributed by atoms with E-state index in [9.17, 15) is 4.79 Å². The van der Waals surface area contributed by atoms with Crippen LogP contribution in [0, 0.1) is 0 Å². The van der Waals surface area contributed by atoms with Crippen LogP contribution in [0.25, 0.3) is 10.9 Å². The quantitative estimate of drug-likeness (QED) is 0.817. The minimum Gasteiger partial charge on any atom is -0.315 e. The van der Waals surface area contributed by atoms with Crippen LogP contribution in [-0.2, 0) is 0 Å². The standard InChI is InChI=1S/C12H11Cl2N3O/c13-9-3-1-2-8-10(9)16-12(14)17(11(8)18)7-4-5-15-6-7/h1-3,7,15H,4-6H2. The van der Waals surface area contributed by atoms with E-state index in [-0.39, 0.29) is 16.9 Å². The Morgan fingerprint density at radius 3 is 2.94 bits per heavy atom. The van der Waals surface area contributed by atoms with E-state index in [0.717, 1.165) is 19.5 Å². The number of rotatable bonds is 1. The SMILES string of the molecule is O=c1c2cccc(Cl)c2nc(Cl)n1C1CCNC1. The van der Waals surface area contributed by atoms with E-state index in [0.29, 0.717) is 15.9 Å². The van der Waals surface area contributed by atoms with E-state index >= 15 is 0 Å². The summed E-state index contributed by atoms with van der Waals surface area (Å²) in [5.41, 5.74) is 0.345. The minimum absolute atomic E-state index is 0.0703. The van der Waals surface area contributed by atoms with E-state index in [4.69, 9.17) is 23.2 Å². The molecule has 18 heavy (non-hydrogen) atoms. The lowest BCUT2D eigenvalue weighted by Crippen LogP contribution is -2.28. The maximum Gasteiger partial charge on any atom is 0.262 e. The fraction of sp³-hybridized carbons (Fsp3) is 0.333. The second-order valence-electron chi connectivity index (χ2n) is 4.34. The van der Waals surface area contributed by atoms with Gasteiger partial charge in [-0.1, -0.05) is 17.7 Å². The first-order valence-corrected chi connectivity index (χ1v) is 6.51. The van der Waals surface area contributed by atoms with Crippen LogP contribution < -0.4 is 10.9 Å². The summed E-state index contributed by atoms with van der Waals surface area (Å²) >= 11 is 12.2. The number of para-hydroxylation sites is 1. The zero-order valence-corrected chi connectivity index (χ0v) is 11.0. The molecule has 3 rings (SSSR count). The Hall–Kier alpha value is -1.10. The molecule has 1 unspecified atom stereocenters. The largest absolute Gasteiger partial charge is 0.315 e. The number of aromatic nitrogens is 2. The third-order valence-corrected chi connectivity index (χ3v) is 3.81. The van der Waals surface area contributed by atoms with Crippen LogP contribution in [0.5, 0.6) is 0 Å². The van der Waals surface area contributed by atoms with Gasteiger partial charge in [0, 0.05) is 6.54 Å². The highest BCUT2D eigenvalue weighted by Gasteiger charge is 2.22. The number of hydrogen-bond acceptors (Lipinski definition) is 3. The first kappa shape index (κ1) is 12.0. The highest BCUT2D eigenvalue weighted by Crippen LogP contribution is 2.23. The van der Waals surface area contributed by atoms with Crippen molar-refractivity contribution in [1.82, 2.24) is 14.9 Å². The van der Waals surface area contributed by atoms with Gasteiger partial charge in [0.1, 0.15) is 0 Å². The molecule has 1 aromatic heterocycles. The smallest absolute Gasteiger partial charge is 0.262 e. The van der Waals surface area contributed by atoms with Gasteiger partial charge in [0.2, 0.25) is 5.28 Å². The number of nitrogens with one attached hydrogen (secondary N) is 1. The summed E-state index contributed by atoms with van der Waals surface area (Å²) in [6.45, 7) is 1.63. The van der Waals surface area contributed by atoms with Crippen molar-refractivity contribution in [2.45, 2.75) is 12.5 Å². The zero-order chi connectivity index (χ0) is 12.7. The molecule has 2 heterocycles. The van der Waals surface area contributed by atoms with Crippen molar-refractivity contribution < 1.29 is 0 Å². The molecule has 0 bridgehead atoms. The molecule has 94 valence electrons. The Kier molecular flexibility index (Phi) is 3.01. The summed E-state index contributed by atoms with van der Waals surface area (Å²) in [5, 5.41) is 4.38. The maximum atomic E-state index is 12.4. The van der Waals surface area contributed by atoms with Crippen LogP contribution in [0.2, 0.25) is 10.3 Å². The van der Waals surface area contributed by atoms with E-state index < -0.39 is 0 Å². The van der Waals surface area contributed by atoms with Crippen LogP contribution in [0.1, 0.15) is 12.5 Å². The average molecular weight is 284 g/mol. The molecule has 1 fully saturated rings. The summed E-state index contributed by atoms with van der Waals surface area (Å²) in [5.74, 6) is 0. The van der Waals surface area contributed by atoms with Gasteiger partial charge in [-0.05, 0) is 36.7 Å². The molecule has 0 radical (unpaired) electrons. The van der Waals surface area contributed by atoms with Crippen LogP contribution in [0.4, 0.5) is 0 Å². The summed E-state index contributed by atoms with van der Waals surface area (Å²) in [7, 11) is 0. The molecule has 6 heteroatoms. The molecule has 0 saturated carbocycles. The Morgan fingerprint density at radius 1 is 1.39 bits per heavy atom. The highest BCUT2D eigenvalue weighted by atomic mass is 35.5. The minimum atomic E-state index is -0.124. The number of halogens is 2. The highest BCUT2D eigenvalue weighted by molar-refractivity contribution is 6.35. The third-order valence-electron chi connectivity index (χ3n) is 3.24. The number of hydrogen-bond donors (Lipinski definition) is 1. The lowest BCUT2D eigenvalue weighted by molar-refractivity contribution is 0.526. The van der Waals surface area contributed by atoms with Gasteiger partial charge in [0.05, 0.1) is 22.0 Å². The molecular weight excluding hydrogens is 273 g/mol. The second kappa shape index (κ2) is 4.53. The summed E-state index contributed by atoms with van der Waals surface area (Å²) < 4.78 is 1.56. The molecule has 1 aliphatic heterocycles. The monoisotopic (exact) mass is 283 g/mol. The molecule has 1 N–H and O–H groups in total. The molecule has 1 aromatic carbocycles. The summed E-state index contributed by atoms with van der Waals surface area (Å²) in [4.78, 5) is 16.7. The molecule has 0 spiro atoms. The first-order chi connectivity index (χ1) is 8.68. The normalized spacial score (nSPS) is 19.6. The lowest BCUT2D eigenvalue weighted by atomic mass is 10.2. The van der Waals surface area contributed by atoms with E-state index in [1.165, 1.54) is 0 Å². The van der Waals surface area contributed by atoms with Gasteiger partial charge in [-0.25, -0.2) is 4.98 Å². The van der Waals surface area contributed by atoms with Gasteiger partial charge in [0.15, 0.2) is 0 Å². The van der Waals surface area contributed by atoms with E-state index in [2.05, 4.69) is 10.3 Å². The zero-order valence-electron chi connectivity index (χ0n) is 9.49. The van der Waals surface area contributed by atoms with Crippen molar-refractivity contribution in [2.24, 2.45) is 0 Å². The average Bonchev–Trinajstić information content (AvgIpc) is 2.84. The predicted octanol–water partition coefficient (Wildman–Crippen LogP) is 2.24. The Labute approximate surface area is 114 Å². The van der Waals surface area contributed by atoms with Crippen LogP contribution >= 0.6 is 23.2 Å². The fourth-order valence-electron chi connectivity index (χ4n) is 2.34. The van der Waals surface area contributed by atoms with Crippen molar-refractivity contribution >= 4 is 34.1 Å². The van der Waals surface area contributed by atoms with Crippen molar-refractivity contribution in [2.75, 3.05) is 13.1 Å². The van der Waals surface area contributed by atoms with Gasteiger partial charge >= 0.3 is 0 Å². The molecule has 0 aliphatic carbocycles. The molecule has 1 atom stereocenters. The van der Waals surface area contributed by atoms with Crippen LogP contribution in [0.15, 0.2) is 23.0 Å². The molecule has 1 aliphatic rings. The maximum absolute atomic E-state index is 12.4. The molecular formula is C12H11Cl2N3O. The van der Waals surface area contributed by atoms with Gasteiger partial charge < -0.3 is 5.32 Å². The molecule has 4 nitrogen and oxygen atoms in total. The van der Waals surface area contributed by atoms with Crippen molar-refractivity contribution in [3.8, 4) is 0 Å². The van der Waals surface area contributed by atoms with Crippen molar-refractivity contribution in [3.63, 3.8) is 0 Å². The summed E-state index contributed by atoms with van der Waals surface area (Å²) in [6, 6.07) is 5.25. The number of nitrogens with zero attached hydrogens (tertiary/aromatic N) is 2. The third kappa shape index (κ3) is 1.81. The number of fused-ring (bicyclic) bond motifs is 1. The van der Waals surface area contributed by atoms with Crippen LogP contribution in [-0.4, -0.2) is 22.6 Å². The summed E-state index contributed by atoms with van der Waals surface area (Å²) in [6.07, 6.45) is 0.882. The van der Waals surface area contributed by atoms with Crippen molar-refractivity contribution in [1.29, 1.82) is 0 Å². The Morgan fingerprint density at radius 2 is 2.22 bits per heavy atom. The molecule has 2 aromatic rings. The topological polar surface area (TPSA) is 46.9 Å². The molecule has 1 saturated heterocycles. The van der Waals surface area contributed by atoms with Gasteiger partial charge in [-0.3, -0.25) is 9.36 Å². The van der Waals surface area contributed by atoms with E-state index in [1.54, 1.807) is 22.8 Å². The van der Waals surface area contributed by atoms with Gasteiger partial charge in [-0.2, -0.15) is 0 Å². The number of benzene rings is 1. The van der Waals surface area contributed by atoms with E-state index in [1.807, 2.05) is 0 Å². The van der Waals surface area contributed by atoms with Gasteiger partial charge in [0.25, 0.3) is 5.56 Å². The molecule has 0 amide bonds. The fourth-order valence-corrected chi connectivity index (χ4v) is 2.85.